The van der Waals surface area contributed by atoms with E-state index in [1.807, 2.05) is 19.9 Å². The molecule has 2 rings (SSSR count). The highest BCUT2D eigenvalue weighted by Crippen LogP contribution is 2.45. The maximum Gasteiger partial charge on any atom is 0.308 e. The van der Waals surface area contributed by atoms with Crippen LogP contribution in [0.3, 0.4) is 0 Å². The first-order valence-corrected chi connectivity index (χ1v) is 5.95. The van der Waals surface area contributed by atoms with Crippen molar-refractivity contribution in [3.05, 3.63) is 12.2 Å². The quantitative estimate of drug-likeness (QED) is 0.531. The molecule has 0 radical (unpaired) electrons. The third-order valence-electron chi connectivity index (χ3n) is 3.70. The van der Waals surface area contributed by atoms with Crippen LogP contribution in [0.15, 0.2) is 12.2 Å². The number of Topliss-reactive ketones (excluding diaryl/α,β-unsaturated/α-hetero) is 1. The van der Waals surface area contributed by atoms with Crippen LogP contribution in [0.25, 0.3) is 0 Å². The average molecular weight is 222 g/mol. The van der Waals surface area contributed by atoms with Crippen molar-refractivity contribution in [2.24, 2.45) is 17.3 Å². The fourth-order valence-electron chi connectivity index (χ4n) is 2.90. The molecule has 0 heterocycles. The lowest BCUT2D eigenvalue weighted by atomic mass is 9.62. The average Bonchev–Trinajstić information content (AvgIpc) is 2.21. The second-order valence-electron chi connectivity index (χ2n) is 5.01. The molecule has 3 nitrogen and oxygen atoms in total. The van der Waals surface area contributed by atoms with Crippen LogP contribution in [0.2, 0.25) is 0 Å². The fourth-order valence-corrected chi connectivity index (χ4v) is 2.90. The molecule has 2 aliphatic carbocycles. The van der Waals surface area contributed by atoms with Gasteiger partial charge in [-0.25, -0.2) is 0 Å². The number of allylic oxidation sites excluding steroid dienone is 2. The van der Waals surface area contributed by atoms with Crippen molar-refractivity contribution in [3.63, 3.8) is 0 Å². The summed E-state index contributed by atoms with van der Waals surface area (Å²) in [5.74, 6) is 0.0906. The number of ether oxygens (including phenoxy) is 1. The van der Waals surface area contributed by atoms with Crippen LogP contribution in [0.1, 0.15) is 33.1 Å². The molecule has 0 aromatic heterocycles. The standard InChI is InChI=1S/C13H18O3/c1-3-16-12(15)10-7-9-5-4-6-13(2,8-10)11(9)14/h4,6,9-10H,3,5,7-8H2,1-2H3/t9-,10-,13+/m0/s1. The number of esters is 1. The fraction of sp³-hybridized carbons (Fsp3) is 0.692. The Labute approximate surface area is 95.9 Å². The second kappa shape index (κ2) is 4.04. The Hall–Kier alpha value is -1.12. The minimum atomic E-state index is -0.432. The monoisotopic (exact) mass is 222 g/mol. The molecule has 2 aliphatic rings. The molecule has 0 aromatic rings. The van der Waals surface area contributed by atoms with E-state index in [0.29, 0.717) is 25.2 Å². The minimum absolute atomic E-state index is 0.0261. The van der Waals surface area contributed by atoms with Crippen LogP contribution in [-0.2, 0) is 14.3 Å². The Kier molecular flexibility index (Phi) is 2.87. The molecule has 0 N–H and O–H groups in total. The van der Waals surface area contributed by atoms with Gasteiger partial charge < -0.3 is 4.74 Å². The van der Waals surface area contributed by atoms with E-state index in [1.54, 1.807) is 0 Å². The summed E-state index contributed by atoms with van der Waals surface area (Å²) in [5, 5.41) is 0. The zero-order valence-corrected chi connectivity index (χ0v) is 9.86. The Bertz CT molecular complexity index is 345. The molecule has 0 aromatic carbocycles. The van der Waals surface area contributed by atoms with Crippen molar-refractivity contribution < 1.29 is 14.3 Å². The Morgan fingerprint density at radius 1 is 1.62 bits per heavy atom. The van der Waals surface area contributed by atoms with Gasteiger partial charge in [-0.05, 0) is 33.1 Å². The van der Waals surface area contributed by atoms with Crippen LogP contribution in [0.5, 0.6) is 0 Å². The van der Waals surface area contributed by atoms with Gasteiger partial charge in [0.15, 0.2) is 0 Å². The van der Waals surface area contributed by atoms with Gasteiger partial charge in [-0.1, -0.05) is 12.2 Å². The van der Waals surface area contributed by atoms with E-state index in [1.165, 1.54) is 0 Å². The van der Waals surface area contributed by atoms with Crippen molar-refractivity contribution in [2.75, 3.05) is 6.61 Å². The molecule has 2 bridgehead atoms. The van der Waals surface area contributed by atoms with Gasteiger partial charge in [0.1, 0.15) is 5.78 Å². The summed E-state index contributed by atoms with van der Waals surface area (Å²) in [6.45, 7) is 4.16. The van der Waals surface area contributed by atoms with E-state index < -0.39 is 5.41 Å². The molecule has 88 valence electrons. The molecule has 0 amide bonds. The van der Waals surface area contributed by atoms with Crippen LogP contribution in [0.4, 0.5) is 0 Å². The highest BCUT2D eigenvalue weighted by Gasteiger charge is 2.47. The zero-order chi connectivity index (χ0) is 11.8. The Balaban J connectivity index is 2.16. The van der Waals surface area contributed by atoms with Gasteiger partial charge in [-0.2, -0.15) is 0 Å². The molecule has 1 fully saturated rings. The summed E-state index contributed by atoms with van der Waals surface area (Å²) in [6.07, 6.45) is 6.10. The molecule has 0 saturated heterocycles. The Morgan fingerprint density at radius 3 is 3.00 bits per heavy atom. The highest BCUT2D eigenvalue weighted by molar-refractivity contribution is 5.92. The van der Waals surface area contributed by atoms with E-state index in [0.717, 1.165) is 6.42 Å². The molecule has 0 aliphatic heterocycles. The molecule has 0 spiro atoms. The highest BCUT2D eigenvalue weighted by atomic mass is 16.5. The van der Waals surface area contributed by atoms with Gasteiger partial charge in [0.25, 0.3) is 0 Å². The van der Waals surface area contributed by atoms with Gasteiger partial charge in [0, 0.05) is 11.3 Å². The number of carbonyl (C=O) groups excluding carboxylic acids is 2. The Morgan fingerprint density at radius 2 is 2.38 bits per heavy atom. The first-order chi connectivity index (χ1) is 7.57. The predicted octanol–water partition coefficient (Wildman–Crippen LogP) is 2.11. The maximum absolute atomic E-state index is 12.1. The summed E-state index contributed by atoms with van der Waals surface area (Å²) in [4.78, 5) is 23.8. The van der Waals surface area contributed by atoms with Gasteiger partial charge in [-0.15, -0.1) is 0 Å². The third kappa shape index (κ3) is 1.79. The maximum atomic E-state index is 12.1. The van der Waals surface area contributed by atoms with E-state index in [4.69, 9.17) is 4.74 Å². The van der Waals surface area contributed by atoms with Crippen molar-refractivity contribution >= 4 is 11.8 Å². The summed E-state index contributed by atoms with van der Waals surface area (Å²) in [7, 11) is 0. The number of hydrogen-bond acceptors (Lipinski definition) is 3. The number of carbonyl (C=O) groups is 2. The van der Waals surface area contributed by atoms with Gasteiger partial charge >= 0.3 is 5.97 Å². The van der Waals surface area contributed by atoms with E-state index in [9.17, 15) is 9.59 Å². The van der Waals surface area contributed by atoms with Crippen molar-refractivity contribution in [2.45, 2.75) is 33.1 Å². The van der Waals surface area contributed by atoms with E-state index in [2.05, 4.69) is 6.08 Å². The molecular weight excluding hydrogens is 204 g/mol. The minimum Gasteiger partial charge on any atom is -0.466 e. The number of rotatable bonds is 2. The van der Waals surface area contributed by atoms with Gasteiger partial charge in [0.05, 0.1) is 12.5 Å². The summed E-state index contributed by atoms with van der Waals surface area (Å²) in [5.41, 5.74) is -0.432. The van der Waals surface area contributed by atoms with Gasteiger partial charge in [0.2, 0.25) is 0 Å². The zero-order valence-electron chi connectivity index (χ0n) is 9.86. The molecular formula is C13H18O3. The van der Waals surface area contributed by atoms with Crippen LogP contribution < -0.4 is 0 Å². The SMILES string of the molecule is CCOC(=O)[C@H]1C[C@@H]2CC=C[C@](C)(C1)C2=O. The molecule has 0 unspecified atom stereocenters. The summed E-state index contributed by atoms with van der Waals surface area (Å²) in [6, 6.07) is 0. The van der Waals surface area contributed by atoms with E-state index in [-0.39, 0.29) is 17.8 Å². The summed E-state index contributed by atoms with van der Waals surface area (Å²) >= 11 is 0. The molecule has 3 heteroatoms. The van der Waals surface area contributed by atoms with Gasteiger partial charge in [-0.3, -0.25) is 9.59 Å². The van der Waals surface area contributed by atoms with E-state index >= 15 is 0 Å². The summed E-state index contributed by atoms with van der Waals surface area (Å²) < 4.78 is 5.05. The lowest BCUT2D eigenvalue weighted by molar-refractivity contribution is -0.153. The number of ketones is 1. The second-order valence-corrected chi connectivity index (χ2v) is 5.01. The molecule has 16 heavy (non-hydrogen) atoms. The lowest BCUT2D eigenvalue weighted by Gasteiger charge is -2.40. The first-order valence-electron chi connectivity index (χ1n) is 5.95. The molecule has 3 atom stereocenters. The predicted molar refractivity (Wildman–Crippen MR) is 59.7 cm³/mol. The lowest BCUT2D eigenvalue weighted by Crippen LogP contribution is -2.44. The number of fused-ring (bicyclic) bond motifs is 2. The van der Waals surface area contributed by atoms with Crippen LogP contribution in [-0.4, -0.2) is 18.4 Å². The first kappa shape index (κ1) is 11.4. The van der Waals surface area contributed by atoms with Crippen molar-refractivity contribution in [1.82, 2.24) is 0 Å². The van der Waals surface area contributed by atoms with Crippen molar-refractivity contribution in [3.8, 4) is 0 Å². The van der Waals surface area contributed by atoms with Crippen molar-refractivity contribution in [1.29, 1.82) is 0 Å². The smallest absolute Gasteiger partial charge is 0.308 e. The third-order valence-corrected chi connectivity index (χ3v) is 3.70. The van der Waals surface area contributed by atoms with Crippen LogP contribution in [0, 0.1) is 17.3 Å². The molecule has 1 saturated carbocycles. The largest absolute Gasteiger partial charge is 0.466 e. The topological polar surface area (TPSA) is 43.4 Å². The normalized spacial score (nSPS) is 37.2. The number of hydrogen-bond donors (Lipinski definition) is 0. The van der Waals surface area contributed by atoms with Crippen LogP contribution >= 0.6 is 0 Å².